The van der Waals surface area contributed by atoms with Gasteiger partial charge in [0.25, 0.3) is 11.9 Å². The second-order valence-corrected chi connectivity index (χ2v) is 9.89. The van der Waals surface area contributed by atoms with Gasteiger partial charge in [0, 0.05) is 44.8 Å². The highest BCUT2D eigenvalue weighted by molar-refractivity contribution is 14.1. The molecule has 0 spiro atoms. The molecular weight excluding hydrogens is 551 g/mol. The Morgan fingerprint density at radius 2 is 1.85 bits per heavy atom. The molecule has 0 atom stereocenters. The van der Waals surface area contributed by atoms with E-state index in [1.54, 1.807) is 35.8 Å². The van der Waals surface area contributed by atoms with E-state index in [1.165, 1.54) is 10.9 Å². The number of hydrogen-bond acceptors (Lipinski definition) is 8. The Hall–Kier alpha value is -3.29. The molecule has 1 aliphatic rings. The van der Waals surface area contributed by atoms with Crippen molar-refractivity contribution in [3.8, 4) is 5.95 Å². The van der Waals surface area contributed by atoms with Crippen molar-refractivity contribution in [1.29, 1.82) is 0 Å². The van der Waals surface area contributed by atoms with E-state index in [4.69, 9.17) is 4.74 Å². The fourth-order valence-electron chi connectivity index (χ4n) is 3.40. The molecule has 4 rings (SSSR count). The lowest BCUT2D eigenvalue weighted by Gasteiger charge is -2.37. The summed E-state index contributed by atoms with van der Waals surface area (Å²) in [6.07, 6.45) is 7.93. The van der Waals surface area contributed by atoms with E-state index < -0.39 is 5.60 Å². The van der Waals surface area contributed by atoms with Gasteiger partial charge in [0.2, 0.25) is 0 Å². The first-order valence-corrected chi connectivity index (χ1v) is 11.8. The SMILES string of the molecule is CC(C)(C)OC(=O)N1CCN(c2ccncc2NC(=O)c2ccnc(-n3cc(I)cn3)n2)CC1. The summed E-state index contributed by atoms with van der Waals surface area (Å²) in [4.78, 5) is 41.8. The number of piperazine rings is 1. The van der Waals surface area contributed by atoms with E-state index in [0.717, 1.165) is 9.26 Å². The van der Waals surface area contributed by atoms with Gasteiger partial charge in [0.05, 0.1) is 27.3 Å². The van der Waals surface area contributed by atoms with Gasteiger partial charge in [-0.25, -0.2) is 19.4 Å². The van der Waals surface area contributed by atoms with Gasteiger partial charge in [-0.15, -0.1) is 0 Å². The molecule has 0 radical (unpaired) electrons. The highest BCUT2D eigenvalue weighted by Gasteiger charge is 2.27. The van der Waals surface area contributed by atoms with E-state index in [0.29, 0.717) is 37.8 Å². The van der Waals surface area contributed by atoms with Gasteiger partial charge >= 0.3 is 6.09 Å². The van der Waals surface area contributed by atoms with Crippen LogP contribution in [0.15, 0.2) is 43.1 Å². The molecule has 1 saturated heterocycles. The average Bonchev–Trinajstić information content (AvgIpc) is 3.25. The predicted molar refractivity (Wildman–Crippen MR) is 134 cm³/mol. The second kappa shape index (κ2) is 9.91. The minimum Gasteiger partial charge on any atom is -0.444 e. The minimum absolute atomic E-state index is 0.208. The van der Waals surface area contributed by atoms with Crippen molar-refractivity contribution in [2.45, 2.75) is 26.4 Å². The molecule has 34 heavy (non-hydrogen) atoms. The topological polar surface area (TPSA) is 118 Å². The zero-order valence-electron chi connectivity index (χ0n) is 19.1. The summed E-state index contributed by atoms with van der Waals surface area (Å²) in [5, 5.41) is 7.09. The number of amides is 2. The Morgan fingerprint density at radius 1 is 1.09 bits per heavy atom. The summed E-state index contributed by atoms with van der Waals surface area (Å²) in [6.45, 7) is 7.78. The first kappa shape index (κ1) is 23.9. The number of nitrogens with one attached hydrogen (secondary N) is 1. The van der Waals surface area contributed by atoms with Crippen LogP contribution in [0.5, 0.6) is 0 Å². The molecule has 1 N–H and O–H groups in total. The van der Waals surface area contributed by atoms with E-state index in [2.05, 4.69) is 52.9 Å². The first-order valence-electron chi connectivity index (χ1n) is 10.7. The standard InChI is InChI=1S/C22H25IN8O3/c1-22(2,3)34-21(33)30-10-8-29(9-11-30)18-5-6-24-13-17(18)27-19(32)16-4-7-25-20(28-16)31-14-15(23)12-26-31/h4-7,12-14H,8-11H2,1-3H3,(H,27,32). The van der Waals surface area contributed by atoms with Crippen molar-refractivity contribution in [2.75, 3.05) is 36.4 Å². The molecule has 11 nitrogen and oxygen atoms in total. The maximum atomic E-state index is 13.0. The number of anilines is 2. The molecule has 0 aromatic carbocycles. The molecule has 1 fully saturated rings. The Bertz CT molecular complexity index is 1180. The first-order chi connectivity index (χ1) is 16.2. The van der Waals surface area contributed by atoms with Crippen LogP contribution in [0.2, 0.25) is 0 Å². The van der Waals surface area contributed by atoms with Gasteiger partial charge < -0.3 is 19.9 Å². The van der Waals surface area contributed by atoms with Gasteiger partial charge in [0.15, 0.2) is 0 Å². The second-order valence-electron chi connectivity index (χ2n) is 8.65. The summed E-state index contributed by atoms with van der Waals surface area (Å²) in [6, 6.07) is 3.39. The molecule has 1 aliphatic heterocycles. The number of aromatic nitrogens is 5. The third-order valence-electron chi connectivity index (χ3n) is 4.95. The molecule has 2 amide bonds. The predicted octanol–water partition coefficient (Wildman–Crippen LogP) is 2.97. The van der Waals surface area contributed by atoms with Gasteiger partial charge in [-0.1, -0.05) is 0 Å². The number of carbonyl (C=O) groups is 2. The highest BCUT2D eigenvalue weighted by atomic mass is 127. The van der Waals surface area contributed by atoms with Gasteiger partial charge in [-0.05, 0) is 55.5 Å². The summed E-state index contributed by atoms with van der Waals surface area (Å²) in [5.41, 5.74) is 1.06. The number of hydrogen-bond donors (Lipinski definition) is 1. The average molecular weight is 576 g/mol. The zero-order valence-corrected chi connectivity index (χ0v) is 21.3. The maximum Gasteiger partial charge on any atom is 0.410 e. The Labute approximate surface area is 210 Å². The monoisotopic (exact) mass is 576 g/mol. The molecule has 0 saturated carbocycles. The fourth-order valence-corrected chi connectivity index (χ4v) is 3.79. The number of ether oxygens (including phenoxy) is 1. The normalized spacial score (nSPS) is 14.1. The number of carbonyl (C=O) groups excluding carboxylic acids is 2. The summed E-state index contributed by atoms with van der Waals surface area (Å²) >= 11 is 2.14. The molecular formula is C22H25IN8O3. The van der Waals surface area contributed by atoms with Crippen LogP contribution in [-0.4, -0.2) is 73.4 Å². The van der Waals surface area contributed by atoms with Crippen LogP contribution in [0.25, 0.3) is 5.95 Å². The van der Waals surface area contributed by atoms with Crippen LogP contribution in [0, 0.1) is 3.57 Å². The van der Waals surface area contributed by atoms with Gasteiger partial charge in [0.1, 0.15) is 11.3 Å². The van der Waals surface area contributed by atoms with Crippen LogP contribution in [0.1, 0.15) is 31.3 Å². The molecule has 4 heterocycles. The largest absolute Gasteiger partial charge is 0.444 e. The summed E-state index contributed by atoms with van der Waals surface area (Å²) in [5.74, 6) is -0.0765. The van der Waals surface area contributed by atoms with Crippen LogP contribution < -0.4 is 10.2 Å². The van der Waals surface area contributed by atoms with Crippen LogP contribution in [-0.2, 0) is 4.74 Å². The van der Waals surface area contributed by atoms with Crippen molar-refractivity contribution in [3.63, 3.8) is 0 Å². The number of nitrogens with zero attached hydrogens (tertiary/aromatic N) is 7. The highest BCUT2D eigenvalue weighted by Crippen LogP contribution is 2.26. The van der Waals surface area contributed by atoms with Crippen molar-refractivity contribution < 1.29 is 14.3 Å². The molecule has 12 heteroatoms. The lowest BCUT2D eigenvalue weighted by atomic mass is 10.2. The Morgan fingerprint density at radius 3 is 2.53 bits per heavy atom. The molecule has 3 aromatic rings. The van der Waals surface area contributed by atoms with Crippen LogP contribution >= 0.6 is 22.6 Å². The third-order valence-corrected chi connectivity index (χ3v) is 5.51. The van der Waals surface area contributed by atoms with Crippen LogP contribution in [0.3, 0.4) is 0 Å². The van der Waals surface area contributed by atoms with Crippen molar-refractivity contribution >= 4 is 46.0 Å². The summed E-state index contributed by atoms with van der Waals surface area (Å²) < 4.78 is 7.91. The van der Waals surface area contributed by atoms with Crippen molar-refractivity contribution in [3.05, 3.63) is 52.4 Å². The van der Waals surface area contributed by atoms with E-state index in [9.17, 15) is 9.59 Å². The zero-order chi connectivity index (χ0) is 24.3. The molecule has 3 aromatic heterocycles. The third kappa shape index (κ3) is 5.79. The number of pyridine rings is 1. The Balaban J connectivity index is 1.44. The number of rotatable bonds is 4. The fraction of sp³-hybridized carbons (Fsp3) is 0.364. The lowest BCUT2D eigenvalue weighted by molar-refractivity contribution is 0.0240. The molecule has 0 aliphatic carbocycles. The van der Waals surface area contributed by atoms with E-state index in [-0.39, 0.29) is 17.7 Å². The van der Waals surface area contributed by atoms with Crippen molar-refractivity contribution in [1.82, 2.24) is 29.6 Å². The molecule has 0 bridgehead atoms. The quantitative estimate of drug-likeness (QED) is 0.472. The summed E-state index contributed by atoms with van der Waals surface area (Å²) in [7, 11) is 0. The minimum atomic E-state index is -0.534. The number of halogens is 1. The van der Waals surface area contributed by atoms with E-state index >= 15 is 0 Å². The van der Waals surface area contributed by atoms with Gasteiger partial charge in [-0.2, -0.15) is 5.10 Å². The smallest absolute Gasteiger partial charge is 0.410 e. The molecule has 0 unspecified atom stereocenters. The van der Waals surface area contributed by atoms with Gasteiger partial charge in [-0.3, -0.25) is 9.78 Å². The van der Waals surface area contributed by atoms with Crippen molar-refractivity contribution in [2.24, 2.45) is 0 Å². The molecule has 178 valence electrons. The van der Waals surface area contributed by atoms with Crippen LogP contribution in [0.4, 0.5) is 16.2 Å². The maximum absolute atomic E-state index is 13.0. The Kier molecular flexibility index (Phi) is 6.95. The lowest BCUT2D eigenvalue weighted by Crippen LogP contribution is -2.50. The van der Waals surface area contributed by atoms with E-state index in [1.807, 2.05) is 26.8 Å².